The van der Waals surface area contributed by atoms with E-state index >= 15 is 0 Å². The fraction of sp³-hybridized carbons (Fsp3) is 0.333. The molecule has 0 bridgehead atoms. The normalized spacial score (nSPS) is 10.6. The molecule has 1 aromatic heterocycles. The second-order valence-corrected chi connectivity index (χ2v) is 3.48. The van der Waals surface area contributed by atoms with Gasteiger partial charge in [-0.2, -0.15) is 0 Å². The zero-order valence-corrected chi connectivity index (χ0v) is 9.65. The van der Waals surface area contributed by atoms with Crippen LogP contribution in [-0.2, 0) is 4.74 Å². The van der Waals surface area contributed by atoms with Gasteiger partial charge in [-0.1, -0.05) is 23.2 Å². The van der Waals surface area contributed by atoms with Gasteiger partial charge in [0.2, 0.25) is 0 Å². The maximum absolute atomic E-state index is 12.5. The Bertz CT molecular complexity index is 413. The Hall–Kier alpha value is -0.940. The molecule has 3 nitrogen and oxygen atoms in total. The molecule has 0 aliphatic rings. The monoisotopic (exact) mass is 269 g/mol. The average Bonchev–Trinajstić information content (AvgIpc) is 2.20. The summed E-state index contributed by atoms with van der Waals surface area (Å²) in [6, 6.07) is 1.09. The van der Waals surface area contributed by atoms with Gasteiger partial charge in [0.05, 0.1) is 17.2 Å². The number of carbonyl (C=O) groups excluding carboxylic acids is 1. The van der Waals surface area contributed by atoms with Gasteiger partial charge in [-0.25, -0.2) is 18.6 Å². The van der Waals surface area contributed by atoms with E-state index in [1.807, 2.05) is 0 Å². The summed E-state index contributed by atoms with van der Waals surface area (Å²) in [5.41, 5.74) is -0.934. The molecule has 88 valence electrons. The van der Waals surface area contributed by atoms with Gasteiger partial charge >= 0.3 is 5.97 Å². The van der Waals surface area contributed by atoms with Gasteiger partial charge in [0, 0.05) is 0 Å². The van der Waals surface area contributed by atoms with E-state index in [-0.39, 0.29) is 17.3 Å². The van der Waals surface area contributed by atoms with Gasteiger partial charge in [-0.05, 0) is 13.0 Å². The highest BCUT2D eigenvalue weighted by Crippen LogP contribution is 2.30. The molecular formula is C9H7Cl2F2NO2. The third-order valence-electron chi connectivity index (χ3n) is 1.65. The van der Waals surface area contributed by atoms with Crippen LogP contribution in [0.3, 0.4) is 0 Å². The lowest BCUT2D eigenvalue weighted by Crippen LogP contribution is -2.08. The number of pyridine rings is 1. The van der Waals surface area contributed by atoms with Crippen LogP contribution < -0.4 is 0 Å². The molecule has 0 saturated carbocycles. The van der Waals surface area contributed by atoms with Crippen molar-refractivity contribution in [3.63, 3.8) is 0 Å². The smallest absolute Gasteiger partial charge is 0.339 e. The molecule has 0 amide bonds. The highest BCUT2D eigenvalue weighted by molar-refractivity contribution is 6.35. The fourth-order valence-electron chi connectivity index (χ4n) is 1.02. The van der Waals surface area contributed by atoms with E-state index in [1.165, 1.54) is 0 Å². The lowest BCUT2D eigenvalue weighted by molar-refractivity contribution is 0.0526. The van der Waals surface area contributed by atoms with Crippen molar-refractivity contribution in [3.05, 3.63) is 27.5 Å². The number of hydrogen-bond acceptors (Lipinski definition) is 3. The first-order valence-corrected chi connectivity index (χ1v) is 5.04. The molecular weight excluding hydrogens is 263 g/mol. The quantitative estimate of drug-likeness (QED) is 0.623. The molecule has 0 unspecified atom stereocenters. The van der Waals surface area contributed by atoms with Gasteiger partial charge < -0.3 is 4.74 Å². The van der Waals surface area contributed by atoms with E-state index in [4.69, 9.17) is 23.2 Å². The van der Waals surface area contributed by atoms with Gasteiger partial charge in [-0.3, -0.25) is 0 Å². The molecule has 0 fully saturated rings. The standard InChI is InChI=1S/C9H7Cl2F2NO2/c1-2-16-9(15)4-3-5(10)14-7(6(4)11)8(12)13/h3,8H,2H2,1H3. The molecule has 16 heavy (non-hydrogen) atoms. The maximum atomic E-state index is 12.5. The Morgan fingerprint density at radius 2 is 2.19 bits per heavy atom. The first kappa shape index (κ1) is 13.1. The van der Waals surface area contributed by atoms with Gasteiger partial charge in [0.15, 0.2) is 0 Å². The minimum Gasteiger partial charge on any atom is -0.462 e. The van der Waals surface area contributed by atoms with E-state index in [0.29, 0.717) is 0 Å². The molecule has 0 radical (unpaired) electrons. The number of rotatable bonds is 3. The highest BCUT2D eigenvalue weighted by atomic mass is 35.5. The SMILES string of the molecule is CCOC(=O)c1cc(Cl)nc(C(F)F)c1Cl. The fourth-order valence-corrected chi connectivity index (χ4v) is 1.48. The Morgan fingerprint density at radius 3 is 2.69 bits per heavy atom. The van der Waals surface area contributed by atoms with Crippen molar-refractivity contribution in [3.8, 4) is 0 Å². The Balaban J connectivity index is 3.24. The zero-order valence-electron chi connectivity index (χ0n) is 8.14. The summed E-state index contributed by atoms with van der Waals surface area (Å²) in [6.45, 7) is 1.70. The molecule has 1 rings (SSSR count). The van der Waals surface area contributed by atoms with Gasteiger partial charge in [0.1, 0.15) is 10.8 Å². The van der Waals surface area contributed by atoms with E-state index in [9.17, 15) is 13.6 Å². The van der Waals surface area contributed by atoms with Crippen LogP contribution in [0.5, 0.6) is 0 Å². The van der Waals surface area contributed by atoms with E-state index < -0.39 is 23.1 Å². The van der Waals surface area contributed by atoms with Crippen LogP contribution in [0, 0.1) is 0 Å². The van der Waals surface area contributed by atoms with Crippen molar-refractivity contribution < 1.29 is 18.3 Å². The number of halogens is 4. The summed E-state index contributed by atoms with van der Waals surface area (Å²) >= 11 is 11.1. The first-order chi connectivity index (χ1) is 7.47. The molecule has 0 aliphatic carbocycles. The second kappa shape index (κ2) is 5.41. The topological polar surface area (TPSA) is 39.2 Å². The molecule has 0 aliphatic heterocycles. The van der Waals surface area contributed by atoms with Crippen LogP contribution in [-0.4, -0.2) is 17.6 Å². The van der Waals surface area contributed by atoms with Crippen molar-refractivity contribution in [1.82, 2.24) is 4.98 Å². The predicted octanol–water partition coefficient (Wildman–Crippen LogP) is 3.50. The lowest BCUT2D eigenvalue weighted by Gasteiger charge is -2.08. The number of esters is 1. The number of alkyl halides is 2. The zero-order chi connectivity index (χ0) is 12.3. The molecule has 0 N–H and O–H groups in total. The van der Waals surface area contributed by atoms with Crippen LogP contribution in [0.1, 0.15) is 29.4 Å². The van der Waals surface area contributed by atoms with Crippen LogP contribution >= 0.6 is 23.2 Å². The van der Waals surface area contributed by atoms with Crippen LogP contribution in [0.15, 0.2) is 6.07 Å². The van der Waals surface area contributed by atoms with Crippen LogP contribution in [0.2, 0.25) is 10.2 Å². The molecule has 1 aromatic rings. The minimum atomic E-state index is -2.90. The van der Waals surface area contributed by atoms with Crippen molar-refractivity contribution in [2.75, 3.05) is 6.61 Å². The van der Waals surface area contributed by atoms with Gasteiger partial charge in [0.25, 0.3) is 6.43 Å². The summed E-state index contributed by atoms with van der Waals surface area (Å²) in [7, 11) is 0. The average molecular weight is 270 g/mol. The lowest BCUT2D eigenvalue weighted by atomic mass is 10.2. The molecule has 7 heteroatoms. The summed E-state index contributed by atoms with van der Waals surface area (Å²) in [4.78, 5) is 14.7. The minimum absolute atomic E-state index is 0.110. The summed E-state index contributed by atoms with van der Waals surface area (Å²) in [5.74, 6) is -0.807. The third-order valence-corrected chi connectivity index (χ3v) is 2.24. The summed E-state index contributed by atoms with van der Waals surface area (Å²) < 4.78 is 29.6. The molecule has 0 atom stereocenters. The molecule has 1 heterocycles. The van der Waals surface area contributed by atoms with Crippen molar-refractivity contribution in [2.24, 2.45) is 0 Å². The van der Waals surface area contributed by atoms with E-state index in [1.54, 1.807) is 6.92 Å². The van der Waals surface area contributed by atoms with E-state index in [2.05, 4.69) is 9.72 Å². The van der Waals surface area contributed by atoms with Crippen LogP contribution in [0.25, 0.3) is 0 Å². The Morgan fingerprint density at radius 1 is 1.56 bits per heavy atom. The molecule has 0 spiro atoms. The third kappa shape index (κ3) is 2.80. The summed E-state index contributed by atoms with van der Waals surface area (Å²) in [5, 5.41) is -0.666. The maximum Gasteiger partial charge on any atom is 0.339 e. The second-order valence-electron chi connectivity index (χ2n) is 2.71. The van der Waals surface area contributed by atoms with Gasteiger partial charge in [-0.15, -0.1) is 0 Å². The largest absolute Gasteiger partial charge is 0.462 e. The predicted molar refractivity (Wildman–Crippen MR) is 55.2 cm³/mol. The number of carbonyl (C=O) groups is 1. The van der Waals surface area contributed by atoms with Crippen molar-refractivity contribution >= 4 is 29.2 Å². The van der Waals surface area contributed by atoms with Crippen LogP contribution in [0.4, 0.5) is 8.78 Å². The molecule has 0 aromatic carbocycles. The molecule has 0 saturated heterocycles. The number of aromatic nitrogens is 1. The van der Waals surface area contributed by atoms with Crippen molar-refractivity contribution in [1.29, 1.82) is 0 Å². The number of ether oxygens (including phenoxy) is 1. The van der Waals surface area contributed by atoms with E-state index in [0.717, 1.165) is 6.07 Å². The highest BCUT2D eigenvalue weighted by Gasteiger charge is 2.22. The van der Waals surface area contributed by atoms with Crippen molar-refractivity contribution in [2.45, 2.75) is 13.3 Å². The number of nitrogens with zero attached hydrogens (tertiary/aromatic N) is 1. The Kier molecular flexibility index (Phi) is 4.44. The Labute approximate surface area is 100 Å². The summed E-state index contributed by atoms with van der Waals surface area (Å²) in [6.07, 6.45) is -2.90. The number of hydrogen-bond donors (Lipinski definition) is 0. The first-order valence-electron chi connectivity index (χ1n) is 4.28.